The molecule has 1 aromatic rings. The molecule has 0 bridgehead atoms. The van der Waals surface area contributed by atoms with E-state index in [0.29, 0.717) is 24.9 Å². The highest BCUT2D eigenvalue weighted by atomic mass is 16.5. The topological polar surface area (TPSA) is 80.5 Å². The molecule has 1 aliphatic carbocycles. The lowest BCUT2D eigenvalue weighted by atomic mass is 9.96. The smallest absolute Gasteiger partial charge is 0.240 e. The van der Waals surface area contributed by atoms with Crippen LogP contribution in [0.3, 0.4) is 0 Å². The fourth-order valence-electron chi connectivity index (χ4n) is 3.55. The van der Waals surface area contributed by atoms with Gasteiger partial charge in [0.15, 0.2) is 5.82 Å². The Hall–Kier alpha value is -1.47. The predicted molar refractivity (Wildman–Crippen MR) is 86.3 cm³/mol. The summed E-state index contributed by atoms with van der Waals surface area (Å²) in [5, 5.41) is 7.12. The molecular formula is C17H26N4O3. The van der Waals surface area contributed by atoms with Crippen molar-refractivity contribution >= 4 is 5.91 Å². The fourth-order valence-corrected chi connectivity index (χ4v) is 3.55. The number of hydrogen-bond acceptors (Lipinski definition) is 6. The van der Waals surface area contributed by atoms with Crippen molar-refractivity contribution in [2.75, 3.05) is 26.2 Å². The number of carbonyl (C=O) groups is 1. The predicted octanol–water partition coefficient (Wildman–Crippen LogP) is 1.45. The molecule has 7 heteroatoms. The molecule has 1 atom stereocenters. The van der Waals surface area contributed by atoms with Crippen LogP contribution in [0.15, 0.2) is 4.52 Å². The van der Waals surface area contributed by atoms with Gasteiger partial charge in [-0.3, -0.25) is 9.69 Å². The Kier molecular flexibility index (Phi) is 4.80. The van der Waals surface area contributed by atoms with Crippen molar-refractivity contribution in [1.82, 2.24) is 20.4 Å². The minimum Gasteiger partial charge on any atom is -0.376 e. The Labute approximate surface area is 142 Å². The lowest BCUT2D eigenvalue weighted by Crippen LogP contribution is -2.42. The first-order valence-electron chi connectivity index (χ1n) is 9.22. The Balaban J connectivity index is 1.18. The van der Waals surface area contributed by atoms with Crippen LogP contribution in [-0.2, 0) is 16.1 Å². The summed E-state index contributed by atoms with van der Waals surface area (Å²) in [6, 6.07) is 0. The van der Waals surface area contributed by atoms with Crippen molar-refractivity contribution in [2.24, 2.45) is 5.92 Å². The molecule has 7 nitrogen and oxygen atoms in total. The lowest BCUT2D eigenvalue weighted by molar-refractivity contribution is -0.127. The van der Waals surface area contributed by atoms with Crippen molar-refractivity contribution in [2.45, 2.75) is 57.1 Å². The number of nitrogens with zero attached hydrogens (tertiary/aromatic N) is 3. The van der Waals surface area contributed by atoms with Crippen LogP contribution in [0, 0.1) is 5.92 Å². The minimum absolute atomic E-state index is 0.118. The largest absolute Gasteiger partial charge is 0.376 e. The van der Waals surface area contributed by atoms with Crippen molar-refractivity contribution in [3.05, 3.63) is 11.7 Å². The number of likely N-dealkylation sites (tertiary alicyclic amines) is 1. The van der Waals surface area contributed by atoms with E-state index in [1.54, 1.807) is 0 Å². The van der Waals surface area contributed by atoms with Crippen LogP contribution in [0.4, 0.5) is 0 Å². The third kappa shape index (κ3) is 3.95. The third-order valence-corrected chi connectivity index (χ3v) is 5.27. The Morgan fingerprint density at radius 2 is 2.04 bits per heavy atom. The highest BCUT2D eigenvalue weighted by Gasteiger charge is 2.30. The molecule has 0 spiro atoms. The van der Waals surface area contributed by atoms with Gasteiger partial charge in [0.25, 0.3) is 0 Å². The van der Waals surface area contributed by atoms with E-state index in [0.717, 1.165) is 51.2 Å². The molecule has 1 aromatic heterocycles. The van der Waals surface area contributed by atoms with Gasteiger partial charge in [0.1, 0.15) is 0 Å². The van der Waals surface area contributed by atoms with Crippen molar-refractivity contribution in [1.29, 1.82) is 0 Å². The zero-order valence-electron chi connectivity index (χ0n) is 14.1. The summed E-state index contributed by atoms with van der Waals surface area (Å²) in [6.45, 7) is 3.99. The maximum atomic E-state index is 12.3. The molecule has 0 aromatic carbocycles. The zero-order chi connectivity index (χ0) is 16.4. The summed E-state index contributed by atoms with van der Waals surface area (Å²) in [5.74, 6) is 2.40. The molecule has 1 amide bonds. The Bertz CT molecular complexity index is 558. The first kappa shape index (κ1) is 16.0. The standard InChI is InChI=1S/C17H26N4O3/c22-17(18-10-14-2-1-9-23-14)13-5-7-21(8-6-13)11-15-19-16(20-24-15)12-3-4-12/h12-14H,1-11H2,(H,18,22)/t14-/m0/s1. The number of carbonyl (C=O) groups excluding carboxylic acids is 1. The van der Waals surface area contributed by atoms with Gasteiger partial charge in [-0.2, -0.15) is 4.98 Å². The Morgan fingerprint density at radius 3 is 2.75 bits per heavy atom. The number of piperidine rings is 1. The second-order valence-corrected chi connectivity index (χ2v) is 7.25. The minimum atomic E-state index is 0.118. The number of nitrogens with one attached hydrogen (secondary N) is 1. The number of hydrogen-bond donors (Lipinski definition) is 1. The van der Waals surface area contributed by atoms with Crippen LogP contribution in [0.2, 0.25) is 0 Å². The van der Waals surface area contributed by atoms with Gasteiger partial charge in [0.05, 0.1) is 12.6 Å². The monoisotopic (exact) mass is 334 g/mol. The molecule has 132 valence electrons. The van der Waals surface area contributed by atoms with Gasteiger partial charge < -0.3 is 14.6 Å². The van der Waals surface area contributed by atoms with Gasteiger partial charge in [-0.15, -0.1) is 0 Å². The van der Waals surface area contributed by atoms with E-state index >= 15 is 0 Å². The second kappa shape index (κ2) is 7.19. The molecule has 0 radical (unpaired) electrons. The summed E-state index contributed by atoms with van der Waals surface area (Å²) in [4.78, 5) is 19.1. The van der Waals surface area contributed by atoms with Gasteiger partial charge in [0, 0.05) is 25.0 Å². The highest BCUT2D eigenvalue weighted by molar-refractivity contribution is 5.78. The van der Waals surface area contributed by atoms with Gasteiger partial charge in [-0.25, -0.2) is 0 Å². The first-order chi connectivity index (χ1) is 11.8. The number of amides is 1. The molecule has 24 heavy (non-hydrogen) atoms. The van der Waals surface area contributed by atoms with E-state index in [2.05, 4.69) is 20.4 Å². The molecule has 1 N–H and O–H groups in total. The van der Waals surface area contributed by atoms with E-state index in [4.69, 9.17) is 9.26 Å². The van der Waals surface area contributed by atoms with Crippen LogP contribution in [0.25, 0.3) is 0 Å². The van der Waals surface area contributed by atoms with E-state index in [-0.39, 0.29) is 17.9 Å². The quantitative estimate of drug-likeness (QED) is 0.848. The average Bonchev–Trinajstić information content (AvgIpc) is 3.13. The molecular weight excluding hydrogens is 308 g/mol. The molecule has 3 heterocycles. The summed E-state index contributed by atoms with van der Waals surface area (Å²) >= 11 is 0. The van der Waals surface area contributed by atoms with Crippen molar-refractivity contribution in [3.63, 3.8) is 0 Å². The van der Waals surface area contributed by atoms with Crippen LogP contribution >= 0.6 is 0 Å². The van der Waals surface area contributed by atoms with Crippen molar-refractivity contribution in [3.8, 4) is 0 Å². The molecule has 4 rings (SSSR count). The first-order valence-corrected chi connectivity index (χ1v) is 9.22. The zero-order valence-corrected chi connectivity index (χ0v) is 14.1. The lowest BCUT2D eigenvalue weighted by Gasteiger charge is -2.30. The van der Waals surface area contributed by atoms with E-state index < -0.39 is 0 Å². The summed E-state index contributed by atoms with van der Waals surface area (Å²) in [7, 11) is 0. The number of rotatable bonds is 6. The molecule has 2 aliphatic heterocycles. The normalized spacial score (nSPS) is 25.9. The van der Waals surface area contributed by atoms with Crippen molar-refractivity contribution < 1.29 is 14.1 Å². The third-order valence-electron chi connectivity index (χ3n) is 5.27. The molecule has 2 saturated heterocycles. The molecule has 3 aliphatic rings. The van der Waals surface area contributed by atoms with Gasteiger partial charge >= 0.3 is 0 Å². The van der Waals surface area contributed by atoms with E-state index in [1.807, 2.05) is 0 Å². The van der Waals surface area contributed by atoms with E-state index in [9.17, 15) is 4.79 Å². The van der Waals surface area contributed by atoms with Crippen LogP contribution in [0.1, 0.15) is 56.2 Å². The average molecular weight is 334 g/mol. The summed E-state index contributed by atoms with van der Waals surface area (Å²) < 4.78 is 10.9. The molecule has 1 saturated carbocycles. The maximum Gasteiger partial charge on any atom is 0.240 e. The van der Waals surface area contributed by atoms with Gasteiger partial charge in [-0.1, -0.05) is 5.16 Å². The highest BCUT2D eigenvalue weighted by Crippen LogP contribution is 2.38. The molecule has 0 unspecified atom stereocenters. The fraction of sp³-hybridized carbons (Fsp3) is 0.824. The maximum absolute atomic E-state index is 12.3. The number of aromatic nitrogens is 2. The van der Waals surface area contributed by atoms with Gasteiger partial charge in [-0.05, 0) is 51.6 Å². The SMILES string of the molecule is O=C(NC[C@@H]1CCCO1)C1CCN(Cc2nc(C3CC3)no2)CC1. The summed E-state index contributed by atoms with van der Waals surface area (Å²) in [5.41, 5.74) is 0. The molecule has 3 fully saturated rings. The second-order valence-electron chi connectivity index (χ2n) is 7.25. The summed E-state index contributed by atoms with van der Waals surface area (Å²) in [6.07, 6.45) is 6.54. The number of ether oxygens (including phenoxy) is 1. The Morgan fingerprint density at radius 1 is 1.21 bits per heavy atom. The van der Waals surface area contributed by atoms with Crippen LogP contribution in [0.5, 0.6) is 0 Å². The van der Waals surface area contributed by atoms with E-state index in [1.165, 1.54) is 12.8 Å². The van der Waals surface area contributed by atoms with Crippen LogP contribution in [-0.4, -0.2) is 53.3 Å². The van der Waals surface area contributed by atoms with Gasteiger partial charge in [0.2, 0.25) is 11.8 Å². The van der Waals surface area contributed by atoms with Crippen LogP contribution < -0.4 is 5.32 Å².